The molecule has 0 radical (unpaired) electrons. The molecule has 3 nitrogen and oxygen atoms in total. The molecule has 0 saturated heterocycles. The fraction of sp³-hybridized carbons (Fsp3) is 0.250. The molecule has 0 fully saturated rings. The Morgan fingerprint density at radius 2 is 2.58 bits per heavy atom. The second-order valence-corrected chi connectivity index (χ2v) is 3.23. The molecule has 0 aliphatic rings. The van der Waals surface area contributed by atoms with E-state index in [9.17, 15) is 4.79 Å². The highest BCUT2D eigenvalue weighted by Crippen LogP contribution is 2.00. The molecule has 1 rings (SSSR count). The van der Waals surface area contributed by atoms with Gasteiger partial charge in [0.15, 0.2) is 0 Å². The number of nitrogens with one attached hydrogen (secondary N) is 1. The van der Waals surface area contributed by atoms with Gasteiger partial charge in [0.1, 0.15) is 5.69 Å². The van der Waals surface area contributed by atoms with Gasteiger partial charge in [-0.15, -0.1) is 11.3 Å². The van der Waals surface area contributed by atoms with E-state index in [4.69, 9.17) is 0 Å². The van der Waals surface area contributed by atoms with Gasteiger partial charge in [-0.2, -0.15) is 0 Å². The Balaban J connectivity index is 2.45. The zero-order valence-electron chi connectivity index (χ0n) is 6.83. The highest BCUT2D eigenvalue weighted by molar-refractivity contribution is 7.07. The molecule has 0 unspecified atom stereocenters. The van der Waals surface area contributed by atoms with Crippen LogP contribution in [0.1, 0.15) is 17.4 Å². The first kappa shape index (κ1) is 8.93. The van der Waals surface area contributed by atoms with Crippen LogP contribution in [0, 0.1) is 0 Å². The Kier molecular flexibility index (Phi) is 2.99. The van der Waals surface area contributed by atoms with Gasteiger partial charge >= 0.3 is 0 Å². The van der Waals surface area contributed by atoms with Gasteiger partial charge in [0.25, 0.3) is 5.91 Å². The van der Waals surface area contributed by atoms with Crippen molar-refractivity contribution in [1.82, 2.24) is 10.3 Å². The molecule has 4 heteroatoms. The number of hydrogen-bond acceptors (Lipinski definition) is 3. The van der Waals surface area contributed by atoms with Crippen molar-refractivity contribution < 1.29 is 4.79 Å². The molecule has 1 amide bonds. The SMILES string of the molecule is C=C(C)CNC(=O)c1cscn1. The molecule has 0 aliphatic carbocycles. The summed E-state index contributed by atoms with van der Waals surface area (Å²) in [6, 6.07) is 0. The average molecular weight is 182 g/mol. The number of hydrogen-bond donors (Lipinski definition) is 1. The average Bonchev–Trinajstić information content (AvgIpc) is 2.51. The zero-order valence-corrected chi connectivity index (χ0v) is 7.65. The van der Waals surface area contributed by atoms with Crippen molar-refractivity contribution in [2.24, 2.45) is 0 Å². The fourth-order valence-corrected chi connectivity index (χ4v) is 1.18. The summed E-state index contributed by atoms with van der Waals surface area (Å²) in [5.41, 5.74) is 3.04. The summed E-state index contributed by atoms with van der Waals surface area (Å²) in [7, 11) is 0. The lowest BCUT2D eigenvalue weighted by atomic mass is 10.3. The molecular formula is C8H10N2OS. The lowest BCUT2D eigenvalue weighted by molar-refractivity contribution is 0.0953. The molecule has 12 heavy (non-hydrogen) atoms. The molecule has 1 aromatic heterocycles. The van der Waals surface area contributed by atoms with Crippen molar-refractivity contribution in [2.75, 3.05) is 6.54 Å². The van der Waals surface area contributed by atoms with E-state index in [-0.39, 0.29) is 5.91 Å². The number of carbonyl (C=O) groups is 1. The predicted molar refractivity (Wildman–Crippen MR) is 49.3 cm³/mol. The van der Waals surface area contributed by atoms with E-state index in [0.717, 1.165) is 5.57 Å². The van der Waals surface area contributed by atoms with Gasteiger partial charge in [0.2, 0.25) is 0 Å². The van der Waals surface area contributed by atoms with Crippen LogP contribution in [0.2, 0.25) is 0 Å². The summed E-state index contributed by atoms with van der Waals surface area (Å²) in [5, 5.41) is 4.41. The maximum Gasteiger partial charge on any atom is 0.271 e. The van der Waals surface area contributed by atoms with Crippen LogP contribution in [0.25, 0.3) is 0 Å². The van der Waals surface area contributed by atoms with Crippen molar-refractivity contribution in [2.45, 2.75) is 6.92 Å². The minimum Gasteiger partial charge on any atom is -0.347 e. The van der Waals surface area contributed by atoms with Gasteiger partial charge in [0, 0.05) is 11.9 Å². The first-order valence-corrected chi connectivity index (χ1v) is 4.45. The maximum atomic E-state index is 11.2. The van der Waals surface area contributed by atoms with Crippen LogP contribution in [0.15, 0.2) is 23.0 Å². The van der Waals surface area contributed by atoms with E-state index in [0.29, 0.717) is 12.2 Å². The Labute approximate surface area is 75.1 Å². The van der Waals surface area contributed by atoms with Crippen molar-refractivity contribution in [1.29, 1.82) is 0 Å². The molecule has 0 bridgehead atoms. The highest BCUT2D eigenvalue weighted by Gasteiger charge is 2.05. The number of nitrogens with zero attached hydrogens (tertiary/aromatic N) is 1. The minimum atomic E-state index is -0.140. The van der Waals surface area contributed by atoms with Crippen LogP contribution in [-0.4, -0.2) is 17.4 Å². The first-order valence-electron chi connectivity index (χ1n) is 3.51. The quantitative estimate of drug-likeness (QED) is 0.719. The van der Waals surface area contributed by atoms with Crippen LogP contribution >= 0.6 is 11.3 Å². The van der Waals surface area contributed by atoms with Crippen LogP contribution in [0.4, 0.5) is 0 Å². The third-order valence-electron chi connectivity index (χ3n) is 1.22. The van der Waals surface area contributed by atoms with E-state index in [1.165, 1.54) is 11.3 Å². The fourth-order valence-electron chi connectivity index (χ4n) is 0.646. The lowest BCUT2D eigenvalue weighted by Gasteiger charge is -2.00. The number of thiazole rings is 1. The van der Waals surface area contributed by atoms with Gasteiger partial charge in [-0.1, -0.05) is 12.2 Å². The van der Waals surface area contributed by atoms with E-state index in [1.54, 1.807) is 10.9 Å². The number of aromatic nitrogens is 1. The number of carbonyl (C=O) groups excluding carboxylic acids is 1. The number of amides is 1. The second kappa shape index (κ2) is 4.01. The molecule has 1 aromatic rings. The molecule has 0 spiro atoms. The largest absolute Gasteiger partial charge is 0.347 e. The summed E-state index contributed by atoms with van der Waals surface area (Å²) in [6.07, 6.45) is 0. The van der Waals surface area contributed by atoms with Gasteiger partial charge < -0.3 is 5.32 Å². The van der Waals surface area contributed by atoms with Crippen molar-refractivity contribution in [3.8, 4) is 0 Å². The molecule has 1 N–H and O–H groups in total. The van der Waals surface area contributed by atoms with Gasteiger partial charge in [-0.3, -0.25) is 4.79 Å². The van der Waals surface area contributed by atoms with Crippen LogP contribution in [0.5, 0.6) is 0 Å². The Morgan fingerprint density at radius 1 is 1.83 bits per heavy atom. The second-order valence-electron chi connectivity index (χ2n) is 2.51. The summed E-state index contributed by atoms with van der Waals surface area (Å²) in [4.78, 5) is 15.1. The zero-order chi connectivity index (χ0) is 8.97. The van der Waals surface area contributed by atoms with Gasteiger partial charge in [-0.25, -0.2) is 4.98 Å². The molecule has 1 heterocycles. The minimum absolute atomic E-state index is 0.140. The monoisotopic (exact) mass is 182 g/mol. The van der Waals surface area contributed by atoms with E-state index in [2.05, 4.69) is 16.9 Å². The molecule has 0 saturated carbocycles. The predicted octanol–water partition coefficient (Wildman–Crippen LogP) is 1.45. The van der Waals surface area contributed by atoms with Crippen LogP contribution in [-0.2, 0) is 0 Å². The van der Waals surface area contributed by atoms with E-state index >= 15 is 0 Å². The third-order valence-corrected chi connectivity index (χ3v) is 1.80. The topological polar surface area (TPSA) is 42.0 Å². The number of rotatable bonds is 3. The van der Waals surface area contributed by atoms with Crippen molar-refractivity contribution in [3.05, 3.63) is 28.7 Å². The Morgan fingerprint density at radius 3 is 3.08 bits per heavy atom. The van der Waals surface area contributed by atoms with Crippen LogP contribution in [0.3, 0.4) is 0 Å². The Hall–Kier alpha value is -1.16. The molecule has 0 aromatic carbocycles. The smallest absolute Gasteiger partial charge is 0.271 e. The molecule has 0 aliphatic heterocycles. The summed E-state index contributed by atoms with van der Waals surface area (Å²) in [6.45, 7) is 6.05. The first-order chi connectivity index (χ1) is 5.70. The molecular weight excluding hydrogens is 172 g/mol. The maximum absolute atomic E-state index is 11.2. The van der Waals surface area contributed by atoms with Gasteiger partial charge in [-0.05, 0) is 6.92 Å². The standard InChI is InChI=1S/C8H10N2OS/c1-6(2)3-9-8(11)7-4-12-5-10-7/h4-5H,1,3H2,2H3,(H,9,11). The Bertz CT molecular complexity index is 279. The highest BCUT2D eigenvalue weighted by atomic mass is 32.1. The van der Waals surface area contributed by atoms with Crippen LogP contribution < -0.4 is 5.32 Å². The molecule has 64 valence electrons. The van der Waals surface area contributed by atoms with E-state index < -0.39 is 0 Å². The summed E-state index contributed by atoms with van der Waals surface area (Å²) >= 11 is 1.41. The van der Waals surface area contributed by atoms with Crippen molar-refractivity contribution >= 4 is 17.2 Å². The summed E-state index contributed by atoms with van der Waals surface area (Å²) < 4.78 is 0. The normalized spacial score (nSPS) is 9.42. The lowest BCUT2D eigenvalue weighted by Crippen LogP contribution is -2.24. The summed E-state index contributed by atoms with van der Waals surface area (Å²) in [5.74, 6) is -0.140. The van der Waals surface area contributed by atoms with Crippen molar-refractivity contribution in [3.63, 3.8) is 0 Å². The van der Waals surface area contributed by atoms with Gasteiger partial charge in [0.05, 0.1) is 5.51 Å². The third kappa shape index (κ3) is 2.47. The molecule has 0 atom stereocenters. The van der Waals surface area contributed by atoms with E-state index in [1.807, 2.05) is 6.92 Å².